The van der Waals surface area contributed by atoms with Crippen LogP contribution < -0.4 is 5.32 Å². The number of rotatable bonds is 5. The molecule has 0 spiro atoms. The summed E-state index contributed by atoms with van der Waals surface area (Å²) in [4.78, 5) is 4.59. The molecule has 1 atom stereocenters. The number of anilines is 2. The molecule has 2 aliphatic rings. The number of aryl methyl sites for hydroxylation is 2. The minimum absolute atomic E-state index is 0.486. The summed E-state index contributed by atoms with van der Waals surface area (Å²) in [6.45, 7) is 3.82. The maximum Gasteiger partial charge on any atom is 0.246 e. The summed E-state index contributed by atoms with van der Waals surface area (Å²) in [5.74, 6) is 1.31. The fraction of sp³-hybridized carbons (Fsp3) is 0.529. The van der Waals surface area contributed by atoms with Gasteiger partial charge in [-0.2, -0.15) is 4.98 Å². The fourth-order valence-electron chi connectivity index (χ4n) is 3.49. The van der Waals surface area contributed by atoms with E-state index in [2.05, 4.69) is 38.7 Å². The van der Waals surface area contributed by atoms with E-state index >= 15 is 0 Å². The van der Waals surface area contributed by atoms with Crippen molar-refractivity contribution in [3.63, 3.8) is 0 Å². The number of ether oxygens (including phenoxy) is 2. The van der Waals surface area contributed by atoms with Crippen molar-refractivity contribution in [2.75, 3.05) is 25.1 Å². The number of hydrogen-bond acceptors (Lipinski definition) is 5. The van der Waals surface area contributed by atoms with E-state index in [0.29, 0.717) is 25.8 Å². The van der Waals surface area contributed by atoms with Crippen molar-refractivity contribution >= 4 is 11.6 Å². The lowest BCUT2D eigenvalue weighted by molar-refractivity contribution is -0.0542. The maximum absolute atomic E-state index is 5.91. The first-order valence-electron chi connectivity index (χ1n) is 8.32. The summed E-state index contributed by atoms with van der Waals surface area (Å²) >= 11 is 0. The summed E-state index contributed by atoms with van der Waals surface area (Å²) in [5.41, 5.74) is 3.44. The summed E-state index contributed by atoms with van der Waals surface area (Å²) in [7, 11) is 0. The number of fused-ring (bicyclic) bond motifs is 1. The van der Waals surface area contributed by atoms with Crippen molar-refractivity contribution in [3.05, 3.63) is 35.2 Å². The molecule has 0 saturated carbocycles. The molecule has 1 aromatic heterocycles. The molecule has 1 unspecified atom stereocenters. The van der Waals surface area contributed by atoms with Gasteiger partial charge in [-0.1, -0.05) is 6.07 Å². The van der Waals surface area contributed by atoms with Crippen LogP contribution in [-0.2, 0) is 27.9 Å². The van der Waals surface area contributed by atoms with Gasteiger partial charge in [0.25, 0.3) is 0 Å². The molecule has 1 aliphatic carbocycles. The van der Waals surface area contributed by atoms with E-state index < -0.39 is 5.60 Å². The number of nitrogens with zero attached hydrogens (tertiary/aromatic N) is 2. The van der Waals surface area contributed by atoms with E-state index in [0.717, 1.165) is 24.4 Å². The van der Waals surface area contributed by atoms with Gasteiger partial charge in [-0.15, -0.1) is 5.10 Å². The fourth-order valence-corrected chi connectivity index (χ4v) is 3.49. The van der Waals surface area contributed by atoms with Gasteiger partial charge in [-0.3, -0.25) is 5.10 Å². The van der Waals surface area contributed by atoms with Crippen LogP contribution in [0.25, 0.3) is 0 Å². The van der Waals surface area contributed by atoms with Gasteiger partial charge in [0.2, 0.25) is 5.95 Å². The van der Waals surface area contributed by atoms with Crippen LogP contribution in [0, 0.1) is 0 Å². The summed E-state index contributed by atoms with van der Waals surface area (Å²) in [5, 5.41) is 10.6. The normalized spacial score (nSPS) is 23.2. The Hall–Kier alpha value is -1.92. The van der Waals surface area contributed by atoms with Gasteiger partial charge in [0.05, 0.1) is 13.2 Å². The number of aromatic amines is 1. The first kappa shape index (κ1) is 14.7. The first-order chi connectivity index (χ1) is 11.3. The Morgan fingerprint density at radius 1 is 1.35 bits per heavy atom. The standard InChI is InChI=1S/C17H22N4O2/c1-2-23-17(8-9-22-11-17)15-19-16(21-20-15)18-14-7-6-12-4-3-5-13(12)10-14/h6-7,10H,2-5,8-9,11H2,1H3,(H2,18,19,20,21). The van der Waals surface area contributed by atoms with Gasteiger partial charge in [-0.25, -0.2) is 0 Å². The molecule has 2 aromatic rings. The van der Waals surface area contributed by atoms with Crippen molar-refractivity contribution in [2.45, 2.75) is 38.2 Å². The highest BCUT2D eigenvalue weighted by Crippen LogP contribution is 2.33. The molecule has 4 rings (SSSR count). The Labute approximate surface area is 135 Å². The first-order valence-corrected chi connectivity index (χ1v) is 8.32. The second kappa shape index (κ2) is 5.94. The number of hydrogen-bond donors (Lipinski definition) is 2. The lowest BCUT2D eigenvalue weighted by Gasteiger charge is -2.24. The van der Waals surface area contributed by atoms with Gasteiger partial charge in [0.15, 0.2) is 11.4 Å². The molecule has 1 aliphatic heterocycles. The Bertz CT molecular complexity index is 692. The van der Waals surface area contributed by atoms with E-state index in [4.69, 9.17) is 9.47 Å². The molecule has 6 heteroatoms. The third kappa shape index (κ3) is 2.72. The second-order valence-electron chi connectivity index (χ2n) is 6.20. The van der Waals surface area contributed by atoms with E-state index in [-0.39, 0.29) is 0 Å². The Morgan fingerprint density at radius 3 is 3.09 bits per heavy atom. The minimum Gasteiger partial charge on any atom is -0.378 e. The monoisotopic (exact) mass is 314 g/mol. The maximum atomic E-state index is 5.91. The van der Waals surface area contributed by atoms with Crippen molar-refractivity contribution < 1.29 is 9.47 Å². The lowest BCUT2D eigenvalue weighted by atomic mass is 10.0. The summed E-state index contributed by atoms with van der Waals surface area (Å²) < 4.78 is 11.4. The van der Waals surface area contributed by atoms with Gasteiger partial charge in [-0.05, 0) is 49.4 Å². The van der Waals surface area contributed by atoms with Crippen LogP contribution in [0.4, 0.5) is 11.6 Å². The highest BCUT2D eigenvalue weighted by Gasteiger charge is 2.40. The predicted octanol–water partition coefficient (Wildman–Crippen LogP) is 2.69. The van der Waals surface area contributed by atoms with Gasteiger partial charge >= 0.3 is 0 Å². The average Bonchev–Trinajstić information content (AvgIpc) is 3.27. The molecular weight excluding hydrogens is 292 g/mol. The van der Waals surface area contributed by atoms with Crippen LogP contribution in [0.1, 0.15) is 36.7 Å². The molecule has 1 aromatic carbocycles. The smallest absolute Gasteiger partial charge is 0.246 e. The number of aromatic nitrogens is 3. The molecule has 23 heavy (non-hydrogen) atoms. The molecular formula is C17H22N4O2. The molecule has 0 amide bonds. The largest absolute Gasteiger partial charge is 0.378 e. The van der Waals surface area contributed by atoms with Gasteiger partial charge < -0.3 is 14.8 Å². The quantitative estimate of drug-likeness (QED) is 0.888. The molecule has 6 nitrogen and oxygen atoms in total. The van der Waals surface area contributed by atoms with Crippen LogP contribution in [0.5, 0.6) is 0 Å². The summed E-state index contributed by atoms with van der Waals surface area (Å²) in [6.07, 6.45) is 4.40. The average molecular weight is 314 g/mol. The third-order valence-electron chi connectivity index (χ3n) is 4.68. The van der Waals surface area contributed by atoms with Crippen LogP contribution >= 0.6 is 0 Å². The van der Waals surface area contributed by atoms with Crippen molar-refractivity contribution in [1.82, 2.24) is 15.2 Å². The predicted molar refractivity (Wildman–Crippen MR) is 86.9 cm³/mol. The highest BCUT2D eigenvalue weighted by atomic mass is 16.6. The summed E-state index contributed by atoms with van der Waals surface area (Å²) in [6, 6.07) is 6.50. The van der Waals surface area contributed by atoms with Crippen LogP contribution in [0.15, 0.2) is 18.2 Å². The van der Waals surface area contributed by atoms with Crippen molar-refractivity contribution in [1.29, 1.82) is 0 Å². The van der Waals surface area contributed by atoms with Crippen molar-refractivity contribution in [3.8, 4) is 0 Å². The van der Waals surface area contributed by atoms with Gasteiger partial charge in [0.1, 0.15) is 0 Å². The zero-order chi connectivity index (χ0) is 15.7. The Kier molecular flexibility index (Phi) is 3.79. The van der Waals surface area contributed by atoms with E-state index in [1.807, 2.05) is 6.92 Å². The molecule has 0 bridgehead atoms. The highest BCUT2D eigenvalue weighted by molar-refractivity contribution is 5.56. The molecule has 2 N–H and O–H groups in total. The Balaban J connectivity index is 1.54. The zero-order valence-electron chi connectivity index (χ0n) is 13.4. The Morgan fingerprint density at radius 2 is 2.26 bits per heavy atom. The third-order valence-corrected chi connectivity index (χ3v) is 4.68. The van der Waals surface area contributed by atoms with Crippen LogP contribution in [0.3, 0.4) is 0 Å². The molecule has 1 fully saturated rings. The molecule has 0 radical (unpaired) electrons. The van der Waals surface area contributed by atoms with Crippen LogP contribution in [0.2, 0.25) is 0 Å². The molecule has 122 valence electrons. The van der Waals surface area contributed by atoms with E-state index in [1.54, 1.807) is 0 Å². The minimum atomic E-state index is -0.486. The zero-order valence-corrected chi connectivity index (χ0v) is 13.4. The number of nitrogens with one attached hydrogen (secondary N) is 2. The SMILES string of the molecule is CCOC1(c2nc(Nc3ccc4c(c3)CCC4)n[nH]2)CCOC1. The van der Waals surface area contributed by atoms with Crippen LogP contribution in [-0.4, -0.2) is 35.0 Å². The number of H-pyrrole nitrogens is 1. The van der Waals surface area contributed by atoms with E-state index in [1.165, 1.54) is 24.0 Å². The topological polar surface area (TPSA) is 72.1 Å². The van der Waals surface area contributed by atoms with Gasteiger partial charge in [0, 0.05) is 18.7 Å². The second-order valence-corrected chi connectivity index (χ2v) is 6.20. The lowest BCUT2D eigenvalue weighted by Crippen LogP contribution is -2.31. The molecule has 2 heterocycles. The number of benzene rings is 1. The molecule has 1 saturated heterocycles. The van der Waals surface area contributed by atoms with Crippen molar-refractivity contribution in [2.24, 2.45) is 0 Å². The van der Waals surface area contributed by atoms with E-state index in [9.17, 15) is 0 Å².